The first-order valence-electron chi connectivity index (χ1n) is 23.5. The van der Waals surface area contributed by atoms with E-state index in [-0.39, 0.29) is 58.0 Å². The summed E-state index contributed by atoms with van der Waals surface area (Å²) < 4.78 is 34.9. The lowest BCUT2D eigenvalue weighted by molar-refractivity contribution is -0.337. The maximum atomic E-state index is 14.3. The molecule has 0 radical (unpaired) electrons. The molecule has 370 valence electrons. The third-order valence-electron chi connectivity index (χ3n) is 17.1. The summed E-state index contributed by atoms with van der Waals surface area (Å²) in [7, 11) is 0. The van der Waals surface area contributed by atoms with Gasteiger partial charge in [0.15, 0.2) is 18.9 Å². The summed E-state index contributed by atoms with van der Waals surface area (Å²) in [6.45, 7) is 10.6. The molecule has 0 unspecified atom stereocenters. The lowest BCUT2D eigenvalue weighted by Crippen LogP contribution is -2.62. The molecule has 4 saturated carbocycles. The van der Waals surface area contributed by atoms with Crippen LogP contribution in [0, 0.1) is 52.3 Å². The second-order valence-corrected chi connectivity index (χ2v) is 21.4. The van der Waals surface area contributed by atoms with Gasteiger partial charge in [-0.3, -0.25) is 4.79 Å². The molecule has 64 heavy (non-hydrogen) atoms. The smallest absolute Gasteiger partial charge is 0.186 e. The van der Waals surface area contributed by atoms with Crippen LogP contribution in [0.4, 0.5) is 0 Å². The number of aliphatic hydroxyl groups is 12. The largest absolute Gasteiger partial charge is 0.394 e. The van der Waals surface area contributed by atoms with Crippen molar-refractivity contribution >= 4 is 5.78 Å². The first-order valence-corrected chi connectivity index (χ1v) is 23.5. The highest BCUT2D eigenvalue weighted by atomic mass is 16.7. The Bertz CT molecular complexity index is 1570. The monoisotopic (exact) mass is 920 g/mol. The molecule has 3 aliphatic heterocycles. The normalized spacial score (nSPS) is 52.4. The van der Waals surface area contributed by atoms with Gasteiger partial charge >= 0.3 is 0 Å². The van der Waals surface area contributed by atoms with Crippen LogP contribution in [0.3, 0.4) is 0 Å². The fourth-order valence-corrected chi connectivity index (χ4v) is 13.6. The molecule has 3 saturated heterocycles. The van der Waals surface area contributed by atoms with Crippen molar-refractivity contribution in [1.82, 2.24) is 0 Å². The third-order valence-corrected chi connectivity index (χ3v) is 17.1. The fourth-order valence-electron chi connectivity index (χ4n) is 13.6. The molecule has 19 nitrogen and oxygen atoms in total. The molecule has 27 atom stereocenters. The van der Waals surface area contributed by atoms with Crippen LogP contribution in [0.2, 0.25) is 0 Å². The summed E-state index contributed by atoms with van der Waals surface area (Å²) in [5.41, 5.74) is -0.663. The predicted molar refractivity (Wildman–Crippen MR) is 220 cm³/mol. The van der Waals surface area contributed by atoms with Gasteiger partial charge in [0.2, 0.25) is 0 Å². The van der Waals surface area contributed by atoms with Gasteiger partial charge in [0, 0.05) is 12.3 Å². The lowest BCUT2D eigenvalue weighted by atomic mass is 9.44. The van der Waals surface area contributed by atoms with Crippen LogP contribution >= 0.6 is 0 Å². The van der Waals surface area contributed by atoms with E-state index in [1.54, 1.807) is 6.92 Å². The maximum Gasteiger partial charge on any atom is 0.186 e. The highest BCUT2D eigenvalue weighted by Crippen LogP contribution is 2.68. The number of hydrogen-bond donors (Lipinski definition) is 12. The van der Waals surface area contributed by atoms with E-state index in [1.165, 1.54) is 0 Å². The molecule has 19 heteroatoms. The Balaban J connectivity index is 0.970. The first kappa shape index (κ1) is 50.8. The van der Waals surface area contributed by atoms with E-state index in [9.17, 15) is 66.1 Å². The Hall–Kier alpha value is -1.05. The highest BCUT2D eigenvalue weighted by Gasteiger charge is 2.65. The maximum absolute atomic E-state index is 14.3. The Morgan fingerprint density at radius 2 is 1.30 bits per heavy atom. The van der Waals surface area contributed by atoms with Gasteiger partial charge in [-0.05, 0) is 98.2 Å². The van der Waals surface area contributed by atoms with Crippen molar-refractivity contribution in [2.75, 3.05) is 13.2 Å². The molecule has 7 rings (SSSR count). The number of aliphatic hydroxyl groups excluding tert-OH is 12. The van der Waals surface area contributed by atoms with Gasteiger partial charge in [-0.25, -0.2) is 0 Å². The van der Waals surface area contributed by atoms with E-state index in [0.29, 0.717) is 38.5 Å². The Morgan fingerprint density at radius 1 is 0.703 bits per heavy atom. The average molecular weight is 921 g/mol. The quantitative estimate of drug-likeness (QED) is 0.0895. The molecule has 12 N–H and O–H groups in total. The van der Waals surface area contributed by atoms with Crippen LogP contribution in [-0.4, -0.2) is 197 Å². The number of carbonyl (C=O) groups excluding carboxylic acids is 1. The number of ketones is 1. The Kier molecular flexibility index (Phi) is 15.7. The predicted octanol–water partition coefficient (Wildman–Crippen LogP) is -1.94. The molecule has 0 spiro atoms. The summed E-state index contributed by atoms with van der Waals surface area (Å²) in [5, 5.41) is 127. The molecule has 0 amide bonds. The second kappa shape index (κ2) is 19.7. The Morgan fingerprint density at radius 3 is 1.95 bits per heavy atom. The van der Waals surface area contributed by atoms with Gasteiger partial charge in [-0.1, -0.05) is 34.6 Å². The van der Waals surface area contributed by atoms with Gasteiger partial charge < -0.3 is 89.7 Å². The zero-order valence-electron chi connectivity index (χ0n) is 37.8. The molecular formula is C45H76O19. The topological polar surface area (TPSA) is 315 Å². The number of fused-ring (bicyclic) bond motifs is 5. The summed E-state index contributed by atoms with van der Waals surface area (Å²) >= 11 is 0. The van der Waals surface area contributed by atoms with Gasteiger partial charge in [0.25, 0.3) is 0 Å². The van der Waals surface area contributed by atoms with Crippen LogP contribution in [0.5, 0.6) is 0 Å². The second-order valence-electron chi connectivity index (χ2n) is 21.4. The number of Topliss-reactive ketones (excluding diaryl/α,β-unsaturated/α-hetero) is 1. The van der Waals surface area contributed by atoms with E-state index in [2.05, 4.69) is 13.8 Å². The van der Waals surface area contributed by atoms with Crippen LogP contribution in [0.25, 0.3) is 0 Å². The van der Waals surface area contributed by atoms with Crippen molar-refractivity contribution in [1.29, 1.82) is 0 Å². The number of rotatable bonds is 13. The van der Waals surface area contributed by atoms with E-state index >= 15 is 0 Å². The van der Waals surface area contributed by atoms with E-state index in [0.717, 1.165) is 12.8 Å². The van der Waals surface area contributed by atoms with Gasteiger partial charge in [-0.2, -0.15) is 0 Å². The summed E-state index contributed by atoms with van der Waals surface area (Å²) in [4.78, 5) is 14.3. The molecule has 3 heterocycles. The molecule has 7 aliphatic rings. The standard InChI is InChI=1S/C45H76O19/c1-17(2)40(64-42-38(57)34(53)31(50)19(4)60-42)27(49)11-18(3)30-26(48)14-23-21-13-25(47)24-12-20(7-9-44(24,5)22(21)8-10-45(23,30)6)61-43-39(58)36(55)33(52)29(63-43)16-59-41-37(56)35(54)32(51)28(15-46)62-41/h17-24,26-43,46,48-58H,7-16H2,1-6H3/t18-,19+,20-,21-,22-,23+,24+,26-,27+,28+,29+,30-,31+,32+,33+,34+,35-,36-,37+,38+,39+,40-,41+,42-,43+,44+,45-/m0/s1. The van der Waals surface area contributed by atoms with Crippen LogP contribution in [0.1, 0.15) is 92.9 Å². The van der Waals surface area contributed by atoms with Crippen molar-refractivity contribution in [2.24, 2.45) is 52.3 Å². The number of hydrogen-bond acceptors (Lipinski definition) is 19. The molecular weight excluding hydrogens is 844 g/mol. The van der Waals surface area contributed by atoms with Gasteiger partial charge in [0.05, 0.1) is 43.7 Å². The summed E-state index contributed by atoms with van der Waals surface area (Å²) in [6.07, 6.45) is -20.2. The minimum atomic E-state index is -1.70. The summed E-state index contributed by atoms with van der Waals surface area (Å²) in [5.74, 6) is -0.414. The van der Waals surface area contributed by atoms with Crippen LogP contribution < -0.4 is 0 Å². The molecule has 7 fully saturated rings. The van der Waals surface area contributed by atoms with E-state index in [4.69, 9.17) is 28.4 Å². The third kappa shape index (κ3) is 9.24. The average Bonchev–Trinajstić information content (AvgIpc) is 3.53. The van der Waals surface area contributed by atoms with Gasteiger partial charge in [-0.15, -0.1) is 0 Å². The Labute approximate surface area is 374 Å². The number of carbonyl (C=O) groups is 1. The van der Waals surface area contributed by atoms with Crippen molar-refractivity contribution in [3.63, 3.8) is 0 Å². The van der Waals surface area contributed by atoms with Crippen molar-refractivity contribution in [3.8, 4) is 0 Å². The van der Waals surface area contributed by atoms with Crippen LogP contribution in [0.15, 0.2) is 0 Å². The SMILES string of the molecule is CC(C)[C@H](O[C@@H]1O[C@H](C)[C@@H](O)[C@@H](O)[C@H]1O)[C@H](O)C[C@H](C)[C@H]1[C@@H](O)C[C@@H]2[C@H]3CC(=O)[C@H]4C[C@@H](O[C@@H]5O[C@H](CO[C@@H]6O[C@H](CO)[C@@H](O)[C@H](O)[C@H]6O)[C@@H](O)[C@H](O)[C@H]5O)CC[C@]4(C)[C@H]3CC[C@]12C. The van der Waals surface area contributed by atoms with Crippen molar-refractivity contribution < 1.29 is 94.5 Å². The van der Waals surface area contributed by atoms with E-state index < -0.39 is 130 Å². The molecule has 4 aliphatic carbocycles. The minimum absolute atomic E-state index is 0.0479. The lowest BCUT2D eigenvalue weighted by Gasteiger charge is -2.60. The van der Waals surface area contributed by atoms with Crippen molar-refractivity contribution in [3.05, 3.63) is 0 Å². The van der Waals surface area contributed by atoms with Gasteiger partial charge in [0.1, 0.15) is 72.9 Å². The fraction of sp³-hybridized carbons (Fsp3) is 0.978. The van der Waals surface area contributed by atoms with Crippen LogP contribution in [-0.2, 0) is 33.2 Å². The molecule has 0 aromatic heterocycles. The first-order chi connectivity index (χ1) is 30.0. The zero-order valence-corrected chi connectivity index (χ0v) is 37.8. The minimum Gasteiger partial charge on any atom is -0.394 e. The van der Waals surface area contributed by atoms with Crippen molar-refractivity contribution in [2.45, 2.75) is 209 Å². The highest BCUT2D eigenvalue weighted by molar-refractivity contribution is 5.83. The molecule has 0 aromatic carbocycles. The van der Waals surface area contributed by atoms with E-state index in [1.807, 2.05) is 20.8 Å². The zero-order chi connectivity index (χ0) is 46.9. The molecule has 0 aromatic rings. The molecule has 0 bridgehead atoms. The number of ether oxygens (including phenoxy) is 6. The summed E-state index contributed by atoms with van der Waals surface area (Å²) in [6, 6.07) is 0.